The summed E-state index contributed by atoms with van der Waals surface area (Å²) in [5.41, 5.74) is 0.486. The number of benzene rings is 1. The highest BCUT2D eigenvalue weighted by atomic mass is 19.3. The number of halogens is 5. The van der Waals surface area contributed by atoms with Gasteiger partial charge in [0.15, 0.2) is 11.6 Å². The number of hydrogen-bond acceptors (Lipinski definition) is 4. The van der Waals surface area contributed by atoms with E-state index in [4.69, 9.17) is 0 Å². The summed E-state index contributed by atoms with van der Waals surface area (Å²) >= 11 is 0. The highest BCUT2D eigenvalue weighted by molar-refractivity contribution is 5.92. The molecule has 2 aliphatic rings. The summed E-state index contributed by atoms with van der Waals surface area (Å²) in [5.74, 6) is -5.62. The second kappa shape index (κ2) is 9.30. The molecule has 1 amide bonds. The molecule has 1 aliphatic heterocycles. The third-order valence-corrected chi connectivity index (χ3v) is 7.29. The molecule has 1 saturated carbocycles. The second-order valence-electron chi connectivity index (χ2n) is 9.95. The van der Waals surface area contributed by atoms with E-state index in [0.717, 1.165) is 6.07 Å². The SMILES string of the molecule is O=C(NC1CC(F)(F)C1)c1ccc(C2=CCN(Cc3ccc4c([nH]c(=O)c5c(F)ccn54)c3F)CC2)c(F)n1. The lowest BCUT2D eigenvalue weighted by molar-refractivity contribution is -0.0901. The van der Waals surface area contributed by atoms with E-state index in [9.17, 15) is 27.2 Å². The average Bonchev–Trinajstić information content (AvgIpc) is 3.28. The number of amides is 1. The highest BCUT2D eigenvalue weighted by Crippen LogP contribution is 2.37. The van der Waals surface area contributed by atoms with E-state index in [-0.39, 0.29) is 28.8 Å². The van der Waals surface area contributed by atoms with E-state index >= 15 is 4.39 Å². The van der Waals surface area contributed by atoms with Crippen LogP contribution in [-0.4, -0.2) is 50.2 Å². The molecule has 1 aromatic carbocycles. The molecule has 0 atom stereocenters. The largest absolute Gasteiger partial charge is 0.348 e. The number of pyridine rings is 1. The molecule has 0 bridgehead atoms. The number of rotatable bonds is 5. The van der Waals surface area contributed by atoms with Gasteiger partial charge in [-0.2, -0.15) is 4.39 Å². The number of nitrogens with one attached hydrogen (secondary N) is 2. The highest BCUT2D eigenvalue weighted by Gasteiger charge is 2.46. The number of hydrogen-bond donors (Lipinski definition) is 2. The molecule has 0 radical (unpaired) electrons. The predicted molar refractivity (Wildman–Crippen MR) is 133 cm³/mol. The Bertz CT molecular complexity index is 1720. The van der Waals surface area contributed by atoms with Crippen molar-refractivity contribution in [1.29, 1.82) is 0 Å². The third kappa shape index (κ3) is 4.58. The van der Waals surface area contributed by atoms with Gasteiger partial charge in [-0.1, -0.05) is 12.1 Å². The zero-order chi connectivity index (χ0) is 27.5. The Morgan fingerprint density at radius 3 is 2.62 bits per heavy atom. The Balaban J connectivity index is 1.15. The maximum absolute atomic E-state index is 15.3. The summed E-state index contributed by atoms with van der Waals surface area (Å²) < 4.78 is 71.3. The van der Waals surface area contributed by atoms with Crippen molar-refractivity contribution in [3.63, 3.8) is 0 Å². The molecule has 4 heterocycles. The normalized spacial score (nSPS) is 17.8. The minimum absolute atomic E-state index is 0.0165. The van der Waals surface area contributed by atoms with E-state index in [1.165, 1.54) is 22.7 Å². The maximum atomic E-state index is 15.3. The first kappa shape index (κ1) is 25.2. The van der Waals surface area contributed by atoms with Gasteiger partial charge in [0.1, 0.15) is 16.7 Å². The van der Waals surface area contributed by atoms with Crippen molar-refractivity contribution in [3.05, 3.63) is 87.4 Å². The zero-order valence-electron chi connectivity index (χ0n) is 20.4. The molecule has 1 aliphatic carbocycles. The van der Waals surface area contributed by atoms with Gasteiger partial charge in [0, 0.05) is 55.8 Å². The van der Waals surface area contributed by atoms with Crippen LogP contribution in [0.15, 0.2) is 47.4 Å². The van der Waals surface area contributed by atoms with Crippen LogP contribution >= 0.6 is 0 Å². The molecule has 6 rings (SSSR count). The molecule has 7 nitrogen and oxygen atoms in total. The number of alkyl halides is 2. The minimum atomic E-state index is -2.78. The van der Waals surface area contributed by atoms with E-state index in [2.05, 4.69) is 15.3 Å². The number of fused-ring (bicyclic) bond motifs is 3. The van der Waals surface area contributed by atoms with Crippen molar-refractivity contribution in [3.8, 4) is 0 Å². The number of H-pyrrole nitrogens is 1. The van der Waals surface area contributed by atoms with Gasteiger partial charge >= 0.3 is 0 Å². The minimum Gasteiger partial charge on any atom is -0.348 e. The van der Waals surface area contributed by atoms with Crippen LogP contribution in [0.5, 0.6) is 0 Å². The number of aromatic nitrogens is 3. The number of carbonyl (C=O) groups excluding carboxylic acids is 1. The lowest BCUT2D eigenvalue weighted by Crippen LogP contribution is -2.50. The first-order valence-corrected chi connectivity index (χ1v) is 12.4. The quantitative estimate of drug-likeness (QED) is 0.289. The van der Waals surface area contributed by atoms with Gasteiger partial charge in [0.2, 0.25) is 5.95 Å². The van der Waals surface area contributed by atoms with Gasteiger partial charge in [0.25, 0.3) is 17.4 Å². The van der Waals surface area contributed by atoms with Crippen LogP contribution in [-0.2, 0) is 6.54 Å². The zero-order valence-corrected chi connectivity index (χ0v) is 20.4. The Labute approximate surface area is 218 Å². The summed E-state index contributed by atoms with van der Waals surface area (Å²) in [6.45, 7) is 1.10. The smallest absolute Gasteiger partial charge is 0.275 e. The molecule has 1 fully saturated rings. The first-order valence-electron chi connectivity index (χ1n) is 12.4. The van der Waals surface area contributed by atoms with Crippen LogP contribution in [0, 0.1) is 17.6 Å². The number of carbonyl (C=O) groups is 1. The van der Waals surface area contributed by atoms with Crippen molar-refractivity contribution in [2.45, 2.75) is 37.8 Å². The molecule has 4 aromatic rings. The summed E-state index contributed by atoms with van der Waals surface area (Å²) in [7, 11) is 0. The molecular weight excluding hydrogens is 521 g/mol. The van der Waals surface area contributed by atoms with E-state index in [1.54, 1.807) is 18.2 Å². The van der Waals surface area contributed by atoms with Crippen LogP contribution < -0.4 is 10.9 Å². The first-order chi connectivity index (χ1) is 18.6. The van der Waals surface area contributed by atoms with Crippen molar-refractivity contribution < 1.29 is 26.7 Å². The molecule has 0 saturated heterocycles. The van der Waals surface area contributed by atoms with Crippen LogP contribution in [0.1, 0.15) is 40.9 Å². The number of nitrogens with zero attached hydrogens (tertiary/aromatic N) is 3. The summed E-state index contributed by atoms with van der Waals surface area (Å²) in [5, 5.41) is 2.43. The standard InChI is InChI=1S/C27H22F5N5O2/c28-18-7-10-37-20-4-1-15(21(29)22(20)35-26(39)23(18)37)13-36-8-5-14(6-9-36)17-2-3-19(34-24(17)30)25(38)33-16-11-27(31,32)12-16/h1-5,7,10,16H,6,8-9,11-13H2,(H,33,38)(H,35,39). The van der Waals surface area contributed by atoms with Gasteiger partial charge < -0.3 is 14.7 Å². The molecule has 39 heavy (non-hydrogen) atoms. The van der Waals surface area contributed by atoms with E-state index < -0.39 is 53.9 Å². The average molecular weight is 543 g/mol. The molecule has 0 unspecified atom stereocenters. The van der Waals surface area contributed by atoms with Gasteiger partial charge in [-0.15, -0.1) is 0 Å². The van der Waals surface area contributed by atoms with Crippen LogP contribution in [0.2, 0.25) is 0 Å². The summed E-state index contributed by atoms with van der Waals surface area (Å²) in [6.07, 6.45) is 2.73. The molecular formula is C27H22F5N5O2. The summed E-state index contributed by atoms with van der Waals surface area (Å²) in [4.78, 5) is 32.6. The van der Waals surface area contributed by atoms with E-state index in [0.29, 0.717) is 36.2 Å². The summed E-state index contributed by atoms with van der Waals surface area (Å²) in [6, 6.07) is 6.50. The lowest BCUT2D eigenvalue weighted by atomic mass is 9.88. The molecule has 202 valence electrons. The van der Waals surface area contributed by atoms with Gasteiger partial charge in [-0.3, -0.25) is 14.5 Å². The topological polar surface area (TPSA) is 82.5 Å². The fraction of sp³-hybridized carbons (Fsp3) is 0.296. The van der Waals surface area contributed by atoms with Crippen LogP contribution in [0.3, 0.4) is 0 Å². The van der Waals surface area contributed by atoms with Crippen LogP contribution in [0.4, 0.5) is 22.0 Å². The Morgan fingerprint density at radius 2 is 1.92 bits per heavy atom. The Hall–Kier alpha value is -4.06. The van der Waals surface area contributed by atoms with Crippen LogP contribution in [0.25, 0.3) is 22.1 Å². The molecule has 3 aromatic heterocycles. The second-order valence-corrected chi connectivity index (χ2v) is 9.95. The Morgan fingerprint density at radius 1 is 1.13 bits per heavy atom. The van der Waals surface area contributed by atoms with E-state index in [1.807, 2.05) is 4.90 Å². The monoisotopic (exact) mass is 543 g/mol. The van der Waals surface area contributed by atoms with Crippen molar-refractivity contribution in [1.82, 2.24) is 24.6 Å². The van der Waals surface area contributed by atoms with Crippen molar-refractivity contribution >= 4 is 28.0 Å². The van der Waals surface area contributed by atoms with Gasteiger partial charge in [-0.05, 0) is 36.3 Å². The molecule has 0 spiro atoms. The third-order valence-electron chi connectivity index (χ3n) is 7.29. The fourth-order valence-electron chi connectivity index (χ4n) is 5.21. The fourth-order valence-corrected chi connectivity index (χ4v) is 5.21. The maximum Gasteiger partial charge on any atom is 0.275 e. The van der Waals surface area contributed by atoms with Gasteiger partial charge in [0.05, 0.1) is 5.52 Å². The van der Waals surface area contributed by atoms with Crippen molar-refractivity contribution in [2.75, 3.05) is 13.1 Å². The number of aromatic amines is 1. The Kier molecular flexibility index (Phi) is 6.01. The van der Waals surface area contributed by atoms with Gasteiger partial charge in [-0.25, -0.2) is 22.5 Å². The lowest BCUT2D eigenvalue weighted by Gasteiger charge is -2.35. The molecule has 2 N–H and O–H groups in total. The van der Waals surface area contributed by atoms with Crippen molar-refractivity contribution in [2.24, 2.45) is 0 Å². The predicted octanol–water partition coefficient (Wildman–Crippen LogP) is 4.41. The molecule has 12 heteroatoms.